The molecular formula is C15H25NOS. The highest BCUT2D eigenvalue weighted by molar-refractivity contribution is 7.99. The molecule has 0 saturated carbocycles. The van der Waals surface area contributed by atoms with E-state index in [0.717, 1.165) is 25.6 Å². The first-order chi connectivity index (χ1) is 8.86. The van der Waals surface area contributed by atoms with Gasteiger partial charge in [0.05, 0.1) is 6.61 Å². The van der Waals surface area contributed by atoms with Gasteiger partial charge in [-0.2, -0.15) is 0 Å². The number of nitrogens with one attached hydrogen (secondary N) is 1. The summed E-state index contributed by atoms with van der Waals surface area (Å²) in [5.74, 6) is 1.98. The number of hydrogen-bond donors (Lipinski definition) is 1. The van der Waals surface area contributed by atoms with Crippen molar-refractivity contribution >= 4 is 11.8 Å². The van der Waals surface area contributed by atoms with Crippen molar-refractivity contribution in [3.05, 3.63) is 30.3 Å². The van der Waals surface area contributed by atoms with Crippen molar-refractivity contribution in [2.75, 3.05) is 32.6 Å². The van der Waals surface area contributed by atoms with E-state index in [9.17, 15) is 0 Å². The molecule has 0 aliphatic heterocycles. The fraction of sp³-hybridized carbons (Fsp3) is 0.600. The van der Waals surface area contributed by atoms with Crippen LogP contribution in [-0.2, 0) is 4.74 Å². The maximum absolute atomic E-state index is 5.03. The topological polar surface area (TPSA) is 21.3 Å². The van der Waals surface area contributed by atoms with Crippen LogP contribution in [0.2, 0.25) is 0 Å². The molecule has 1 atom stereocenters. The summed E-state index contributed by atoms with van der Waals surface area (Å²) in [6, 6.07) is 10.6. The van der Waals surface area contributed by atoms with E-state index in [2.05, 4.69) is 42.6 Å². The Balaban J connectivity index is 2.11. The van der Waals surface area contributed by atoms with Crippen LogP contribution in [0, 0.1) is 5.92 Å². The Hall–Kier alpha value is -0.510. The molecule has 1 rings (SSSR count). The third-order valence-electron chi connectivity index (χ3n) is 3.03. The van der Waals surface area contributed by atoms with Gasteiger partial charge in [-0.25, -0.2) is 0 Å². The zero-order valence-corrected chi connectivity index (χ0v) is 12.3. The van der Waals surface area contributed by atoms with E-state index in [-0.39, 0.29) is 0 Å². The van der Waals surface area contributed by atoms with Crippen molar-refractivity contribution in [1.29, 1.82) is 0 Å². The summed E-state index contributed by atoms with van der Waals surface area (Å²) < 4.78 is 5.03. The lowest BCUT2D eigenvalue weighted by Gasteiger charge is -2.15. The van der Waals surface area contributed by atoms with Crippen molar-refractivity contribution in [2.45, 2.75) is 24.7 Å². The molecule has 0 spiro atoms. The van der Waals surface area contributed by atoms with Gasteiger partial charge in [0.2, 0.25) is 0 Å². The minimum atomic E-state index is 0.776. The number of benzene rings is 1. The molecular weight excluding hydrogens is 242 g/mol. The quantitative estimate of drug-likeness (QED) is 0.518. The lowest BCUT2D eigenvalue weighted by Crippen LogP contribution is -2.26. The number of rotatable bonds is 10. The zero-order chi connectivity index (χ0) is 13.1. The van der Waals surface area contributed by atoms with E-state index in [4.69, 9.17) is 4.74 Å². The van der Waals surface area contributed by atoms with E-state index in [0.29, 0.717) is 0 Å². The van der Waals surface area contributed by atoms with Crippen LogP contribution in [0.1, 0.15) is 19.8 Å². The largest absolute Gasteiger partial charge is 0.383 e. The molecule has 0 heterocycles. The van der Waals surface area contributed by atoms with Crippen molar-refractivity contribution in [3.8, 4) is 0 Å². The molecule has 1 aromatic rings. The second-order valence-electron chi connectivity index (χ2n) is 4.42. The second kappa shape index (κ2) is 10.4. The van der Waals surface area contributed by atoms with E-state index in [1.807, 2.05) is 11.8 Å². The van der Waals surface area contributed by atoms with Gasteiger partial charge in [-0.05, 0) is 36.8 Å². The van der Waals surface area contributed by atoms with Gasteiger partial charge >= 0.3 is 0 Å². The molecule has 0 bridgehead atoms. The lowest BCUT2D eigenvalue weighted by molar-refractivity contribution is 0.197. The summed E-state index contributed by atoms with van der Waals surface area (Å²) in [6.07, 6.45) is 2.52. The molecule has 1 N–H and O–H groups in total. The SMILES string of the molecule is CCC(CCSc1ccccc1)CNCCOC. The van der Waals surface area contributed by atoms with Gasteiger partial charge in [0, 0.05) is 18.6 Å². The average molecular weight is 267 g/mol. The summed E-state index contributed by atoms with van der Waals surface area (Å²) in [6.45, 7) is 5.14. The van der Waals surface area contributed by atoms with E-state index >= 15 is 0 Å². The van der Waals surface area contributed by atoms with Crippen LogP contribution in [-0.4, -0.2) is 32.6 Å². The summed E-state index contributed by atoms with van der Waals surface area (Å²) >= 11 is 1.96. The van der Waals surface area contributed by atoms with Gasteiger partial charge in [0.1, 0.15) is 0 Å². The third kappa shape index (κ3) is 7.04. The van der Waals surface area contributed by atoms with Crippen molar-refractivity contribution in [3.63, 3.8) is 0 Å². The molecule has 0 amide bonds. The van der Waals surface area contributed by atoms with Gasteiger partial charge < -0.3 is 10.1 Å². The van der Waals surface area contributed by atoms with Crippen molar-refractivity contribution in [2.24, 2.45) is 5.92 Å². The minimum Gasteiger partial charge on any atom is -0.383 e. The Morgan fingerprint density at radius 3 is 2.72 bits per heavy atom. The van der Waals surface area contributed by atoms with Crippen molar-refractivity contribution < 1.29 is 4.74 Å². The maximum Gasteiger partial charge on any atom is 0.0587 e. The third-order valence-corrected chi connectivity index (χ3v) is 4.08. The highest BCUT2D eigenvalue weighted by Crippen LogP contribution is 2.20. The summed E-state index contributed by atoms with van der Waals surface area (Å²) in [5.41, 5.74) is 0. The Labute approximate surface area is 116 Å². The van der Waals surface area contributed by atoms with Gasteiger partial charge in [-0.15, -0.1) is 11.8 Å². The van der Waals surface area contributed by atoms with Crippen LogP contribution >= 0.6 is 11.8 Å². The first-order valence-corrected chi connectivity index (χ1v) is 7.72. The highest BCUT2D eigenvalue weighted by Gasteiger charge is 2.05. The van der Waals surface area contributed by atoms with Crippen LogP contribution in [0.4, 0.5) is 0 Å². The summed E-state index contributed by atoms with van der Waals surface area (Å²) in [4.78, 5) is 1.37. The fourth-order valence-electron chi connectivity index (χ4n) is 1.79. The van der Waals surface area contributed by atoms with E-state index in [1.54, 1.807) is 7.11 Å². The predicted octanol–water partition coefficient (Wildman–Crippen LogP) is 3.43. The zero-order valence-electron chi connectivity index (χ0n) is 11.5. The molecule has 0 saturated heterocycles. The Morgan fingerprint density at radius 2 is 2.06 bits per heavy atom. The number of hydrogen-bond acceptors (Lipinski definition) is 3. The highest BCUT2D eigenvalue weighted by atomic mass is 32.2. The monoisotopic (exact) mass is 267 g/mol. The number of ether oxygens (including phenoxy) is 1. The molecule has 1 unspecified atom stereocenters. The van der Waals surface area contributed by atoms with Gasteiger partial charge in [-0.3, -0.25) is 0 Å². The van der Waals surface area contributed by atoms with E-state index in [1.165, 1.54) is 23.5 Å². The van der Waals surface area contributed by atoms with Crippen LogP contribution < -0.4 is 5.32 Å². The van der Waals surface area contributed by atoms with Gasteiger partial charge in [0.25, 0.3) is 0 Å². The molecule has 2 nitrogen and oxygen atoms in total. The van der Waals surface area contributed by atoms with Gasteiger partial charge in [-0.1, -0.05) is 31.5 Å². The Bertz CT molecular complexity index is 292. The van der Waals surface area contributed by atoms with Crippen LogP contribution in [0.3, 0.4) is 0 Å². The molecule has 102 valence electrons. The van der Waals surface area contributed by atoms with Crippen LogP contribution in [0.25, 0.3) is 0 Å². The number of thioether (sulfide) groups is 1. The Kier molecular flexibility index (Phi) is 9.00. The first-order valence-electron chi connectivity index (χ1n) is 6.74. The average Bonchev–Trinajstić information content (AvgIpc) is 2.42. The van der Waals surface area contributed by atoms with Crippen LogP contribution in [0.15, 0.2) is 35.2 Å². The van der Waals surface area contributed by atoms with Crippen molar-refractivity contribution in [1.82, 2.24) is 5.32 Å². The number of methoxy groups -OCH3 is 1. The maximum atomic E-state index is 5.03. The van der Waals surface area contributed by atoms with E-state index < -0.39 is 0 Å². The predicted molar refractivity (Wildman–Crippen MR) is 80.3 cm³/mol. The second-order valence-corrected chi connectivity index (χ2v) is 5.59. The molecule has 0 aliphatic rings. The normalized spacial score (nSPS) is 12.6. The molecule has 3 heteroatoms. The molecule has 0 aromatic heterocycles. The Morgan fingerprint density at radius 1 is 1.28 bits per heavy atom. The molecule has 0 radical (unpaired) electrons. The van der Waals surface area contributed by atoms with Crippen LogP contribution in [0.5, 0.6) is 0 Å². The molecule has 1 aromatic carbocycles. The summed E-state index contributed by atoms with van der Waals surface area (Å²) in [7, 11) is 1.75. The van der Waals surface area contributed by atoms with Gasteiger partial charge in [0.15, 0.2) is 0 Å². The fourth-order valence-corrected chi connectivity index (χ4v) is 2.83. The molecule has 0 fully saturated rings. The lowest BCUT2D eigenvalue weighted by atomic mass is 10.0. The summed E-state index contributed by atoms with van der Waals surface area (Å²) in [5, 5.41) is 3.45. The molecule has 0 aliphatic carbocycles. The molecule has 18 heavy (non-hydrogen) atoms. The first kappa shape index (κ1) is 15.5. The standard InChI is InChI=1S/C15H25NOS/c1-3-14(13-16-10-11-17-2)9-12-18-15-7-5-4-6-8-15/h4-8,14,16H,3,9-13H2,1-2H3. The smallest absolute Gasteiger partial charge is 0.0587 e. The minimum absolute atomic E-state index is 0.776.